The van der Waals surface area contributed by atoms with Crippen molar-refractivity contribution in [2.75, 3.05) is 26.8 Å². The van der Waals surface area contributed by atoms with E-state index >= 15 is 0 Å². The Morgan fingerprint density at radius 2 is 2.11 bits per heavy atom. The number of halogens is 2. The number of rotatable bonds is 8. The van der Waals surface area contributed by atoms with Gasteiger partial charge >= 0.3 is 0 Å². The van der Waals surface area contributed by atoms with E-state index in [9.17, 15) is 4.39 Å². The first-order valence-corrected chi connectivity index (χ1v) is 7.06. The van der Waals surface area contributed by atoms with Crippen LogP contribution in [0.4, 0.5) is 4.39 Å². The second kappa shape index (κ2) is 8.51. The molecule has 1 atom stereocenters. The van der Waals surface area contributed by atoms with Crippen LogP contribution in [-0.4, -0.2) is 26.8 Å². The van der Waals surface area contributed by atoms with Gasteiger partial charge in [-0.15, -0.1) is 0 Å². The molecule has 0 radical (unpaired) electrons. The summed E-state index contributed by atoms with van der Waals surface area (Å²) >= 11 is 5.82. The highest BCUT2D eigenvalue weighted by atomic mass is 35.5. The number of hydrogen-bond donors (Lipinski definition) is 1. The van der Waals surface area contributed by atoms with Crippen molar-refractivity contribution in [1.82, 2.24) is 5.32 Å². The molecule has 4 heteroatoms. The number of ether oxygens (including phenoxy) is 1. The summed E-state index contributed by atoms with van der Waals surface area (Å²) in [6.45, 7) is 6.90. The van der Waals surface area contributed by atoms with Gasteiger partial charge < -0.3 is 10.1 Å². The lowest BCUT2D eigenvalue weighted by Gasteiger charge is -2.21. The largest absolute Gasteiger partial charge is 0.383 e. The molecule has 0 aromatic heterocycles. The van der Waals surface area contributed by atoms with Gasteiger partial charge in [0.1, 0.15) is 5.82 Å². The Kier molecular flexibility index (Phi) is 7.36. The van der Waals surface area contributed by atoms with Crippen molar-refractivity contribution in [2.24, 2.45) is 11.8 Å². The van der Waals surface area contributed by atoms with Crippen molar-refractivity contribution in [3.05, 3.63) is 34.6 Å². The summed E-state index contributed by atoms with van der Waals surface area (Å²) < 4.78 is 18.1. The third-order valence-electron chi connectivity index (χ3n) is 3.31. The van der Waals surface area contributed by atoms with Crippen molar-refractivity contribution in [3.63, 3.8) is 0 Å². The molecule has 0 aliphatic rings. The van der Waals surface area contributed by atoms with Gasteiger partial charge in [0, 0.05) is 13.7 Å². The highest BCUT2D eigenvalue weighted by Crippen LogP contribution is 2.21. The van der Waals surface area contributed by atoms with Crippen LogP contribution in [0.3, 0.4) is 0 Å². The summed E-state index contributed by atoms with van der Waals surface area (Å²) in [5.74, 6) is 0.696. The van der Waals surface area contributed by atoms with Gasteiger partial charge in [-0.25, -0.2) is 4.39 Å². The van der Waals surface area contributed by atoms with Crippen LogP contribution in [0.15, 0.2) is 18.2 Å². The monoisotopic (exact) mass is 287 g/mol. The molecule has 0 aliphatic heterocycles. The smallest absolute Gasteiger partial charge is 0.141 e. The van der Waals surface area contributed by atoms with Gasteiger partial charge in [0.25, 0.3) is 0 Å². The van der Waals surface area contributed by atoms with Crippen LogP contribution in [0, 0.1) is 17.7 Å². The van der Waals surface area contributed by atoms with E-state index in [1.165, 1.54) is 6.07 Å². The topological polar surface area (TPSA) is 21.3 Å². The van der Waals surface area contributed by atoms with Crippen LogP contribution in [0.5, 0.6) is 0 Å². The number of benzene rings is 1. The van der Waals surface area contributed by atoms with Gasteiger partial charge in [-0.3, -0.25) is 0 Å². The number of hydrogen-bond acceptors (Lipinski definition) is 2. The van der Waals surface area contributed by atoms with Crippen LogP contribution < -0.4 is 5.32 Å². The fraction of sp³-hybridized carbons (Fsp3) is 0.600. The predicted molar refractivity (Wildman–Crippen MR) is 78.2 cm³/mol. The Hall–Kier alpha value is -0.640. The van der Waals surface area contributed by atoms with Crippen LogP contribution >= 0.6 is 11.6 Å². The first-order valence-electron chi connectivity index (χ1n) is 6.68. The number of methoxy groups -OCH3 is 1. The molecule has 108 valence electrons. The van der Waals surface area contributed by atoms with E-state index in [1.54, 1.807) is 13.2 Å². The first kappa shape index (κ1) is 16.4. The van der Waals surface area contributed by atoms with Crippen LogP contribution in [-0.2, 0) is 11.2 Å². The Labute approximate surface area is 120 Å². The SMILES string of the molecule is COCCNCC(Cc1ccc(F)c(Cl)c1)C(C)C. The third kappa shape index (κ3) is 5.89. The molecular formula is C15H23ClFNO. The first-order chi connectivity index (χ1) is 9.04. The zero-order chi connectivity index (χ0) is 14.3. The van der Waals surface area contributed by atoms with E-state index in [4.69, 9.17) is 16.3 Å². The standard InChI is InChI=1S/C15H23ClFNO/c1-11(2)13(10-18-6-7-19-3)8-12-4-5-15(17)14(16)9-12/h4-5,9,11,13,18H,6-8,10H2,1-3H3. The Morgan fingerprint density at radius 1 is 1.37 bits per heavy atom. The molecule has 2 nitrogen and oxygen atoms in total. The van der Waals surface area contributed by atoms with E-state index in [2.05, 4.69) is 19.2 Å². The van der Waals surface area contributed by atoms with Crippen molar-refractivity contribution < 1.29 is 9.13 Å². The molecule has 0 aliphatic carbocycles. The van der Waals surface area contributed by atoms with Gasteiger partial charge in [0.05, 0.1) is 11.6 Å². The van der Waals surface area contributed by atoms with Gasteiger partial charge in [-0.2, -0.15) is 0 Å². The lowest BCUT2D eigenvalue weighted by Crippen LogP contribution is -2.30. The zero-order valence-corrected chi connectivity index (χ0v) is 12.6. The number of nitrogens with one attached hydrogen (secondary N) is 1. The van der Waals surface area contributed by atoms with Crippen LogP contribution in [0.1, 0.15) is 19.4 Å². The van der Waals surface area contributed by atoms with E-state index in [0.717, 1.165) is 25.1 Å². The highest BCUT2D eigenvalue weighted by molar-refractivity contribution is 6.30. The van der Waals surface area contributed by atoms with Crippen LogP contribution in [0.25, 0.3) is 0 Å². The minimum absolute atomic E-state index is 0.201. The van der Waals surface area contributed by atoms with E-state index < -0.39 is 0 Å². The summed E-state index contributed by atoms with van der Waals surface area (Å²) in [6, 6.07) is 4.97. The molecule has 0 fully saturated rings. The van der Waals surface area contributed by atoms with Gasteiger partial charge in [-0.05, 0) is 42.5 Å². The van der Waals surface area contributed by atoms with Crippen molar-refractivity contribution in [3.8, 4) is 0 Å². The Morgan fingerprint density at radius 3 is 2.68 bits per heavy atom. The Bertz CT molecular complexity index is 384. The normalized spacial score (nSPS) is 12.9. The molecule has 0 heterocycles. The molecule has 19 heavy (non-hydrogen) atoms. The minimum atomic E-state index is -0.357. The third-order valence-corrected chi connectivity index (χ3v) is 3.60. The fourth-order valence-corrected chi connectivity index (χ4v) is 2.18. The highest BCUT2D eigenvalue weighted by Gasteiger charge is 2.14. The molecular weight excluding hydrogens is 265 g/mol. The summed E-state index contributed by atoms with van der Waals surface area (Å²) in [5.41, 5.74) is 1.08. The maximum Gasteiger partial charge on any atom is 0.141 e. The molecule has 1 unspecified atom stereocenters. The van der Waals surface area contributed by atoms with Gasteiger partial charge in [0.2, 0.25) is 0 Å². The van der Waals surface area contributed by atoms with Gasteiger partial charge in [-0.1, -0.05) is 31.5 Å². The molecule has 0 bridgehead atoms. The Balaban J connectivity index is 2.54. The zero-order valence-electron chi connectivity index (χ0n) is 11.9. The van der Waals surface area contributed by atoms with Gasteiger partial charge in [0.15, 0.2) is 0 Å². The van der Waals surface area contributed by atoms with E-state index in [1.807, 2.05) is 6.07 Å². The maximum atomic E-state index is 13.1. The van der Waals surface area contributed by atoms with E-state index in [0.29, 0.717) is 18.4 Å². The molecule has 0 saturated heterocycles. The van der Waals surface area contributed by atoms with Crippen molar-refractivity contribution in [2.45, 2.75) is 20.3 Å². The average molecular weight is 288 g/mol. The molecule has 1 N–H and O–H groups in total. The molecule has 1 aromatic rings. The molecule has 1 aromatic carbocycles. The predicted octanol–water partition coefficient (Wildman–Crippen LogP) is 3.53. The quantitative estimate of drug-likeness (QED) is 0.739. The van der Waals surface area contributed by atoms with Crippen molar-refractivity contribution >= 4 is 11.6 Å². The van der Waals surface area contributed by atoms with Crippen LogP contribution in [0.2, 0.25) is 5.02 Å². The lowest BCUT2D eigenvalue weighted by molar-refractivity contribution is 0.196. The summed E-state index contributed by atoms with van der Waals surface area (Å²) in [6.07, 6.45) is 0.900. The lowest BCUT2D eigenvalue weighted by atomic mass is 9.89. The summed E-state index contributed by atoms with van der Waals surface area (Å²) in [4.78, 5) is 0. The fourth-order valence-electron chi connectivity index (χ4n) is 1.97. The van der Waals surface area contributed by atoms with Crippen molar-refractivity contribution in [1.29, 1.82) is 0 Å². The maximum absolute atomic E-state index is 13.1. The molecule has 0 amide bonds. The second-order valence-electron chi connectivity index (χ2n) is 5.15. The van der Waals surface area contributed by atoms with E-state index in [-0.39, 0.29) is 10.8 Å². The average Bonchev–Trinajstić information content (AvgIpc) is 2.37. The second-order valence-corrected chi connectivity index (χ2v) is 5.56. The molecule has 0 spiro atoms. The molecule has 1 rings (SSSR count). The summed E-state index contributed by atoms with van der Waals surface area (Å²) in [7, 11) is 1.70. The minimum Gasteiger partial charge on any atom is -0.383 e. The summed E-state index contributed by atoms with van der Waals surface area (Å²) in [5, 5.41) is 3.58. The molecule has 0 saturated carbocycles.